The van der Waals surface area contributed by atoms with Gasteiger partial charge in [-0.2, -0.15) is 0 Å². The molecule has 2 saturated heterocycles. The molecule has 5 N–H and O–H groups in total. The summed E-state index contributed by atoms with van der Waals surface area (Å²) < 4.78 is 7.08. The zero-order chi connectivity index (χ0) is 19.1. The van der Waals surface area contributed by atoms with Crippen LogP contribution in [0.4, 0.5) is 5.82 Å². The molecule has 0 spiro atoms. The quantitative estimate of drug-likeness (QED) is 0.493. The van der Waals surface area contributed by atoms with E-state index in [1.807, 2.05) is 0 Å². The van der Waals surface area contributed by atoms with Gasteiger partial charge >= 0.3 is 0 Å². The number of aliphatic hydroxyl groups excluding tert-OH is 3. The molecular formula is C16H22N6O5. The summed E-state index contributed by atoms with van der Waals surface area (Å²) in [6, 6.07) is 0. The Kier molecular flexibility index (Phi) is 4.68. The van der Waals surface area contributed by atoms with Crippen molar-refractivity contribution in [2.24, 2.45) is 0 Å². The van der Waals surface area contributed by atoms with E-state index in [0.29, 0.717) is 24.3 Å². The molecule has 0 saturated carbocycles. The summed E-state index contributed by atoms with van der Waals surface area (Å²) in [7, 11) is 0. The second kappa shape index (κ2) is 7.00. The van der Waals surface area contributed by atoms with Crippen LogP contribution in [-0.4, -0.2) is 83.2 Å². The first-order valence-electron chi connectivity index (χ1n) is 8.90. The molecule has 146 valence electrons. The van der Waals surface area contributed by atoms with E-state index in [0.717, 1.165) is 19.3 Å². The van der Waals surface area contributed by atoms with E-state index >= 15 is 0 Å². The highest BCUT2D eigenvalue weighted by atomic mass is 16.6. The molecule has 0 bridgehead atoms. The lowest BCUT2D eigenvalue weighted by Gasteiger charge is -2.30. The maximum Gasteiger partial charge on any atom is 0.254 e. The molecule has 2 fully saturated rings. The standard InChI is InChI=1S/C16H22N6O5/c17-13-8-14(19-6-18-13)22(7-20-8)16-10(24)9(23)12(27-16)11(25)15(26)21-4-2-1-3-5-21/h6-7,9-12,16,23-25H,1-5H2,(H2,17,18,19)/t9-,10+,11?,12-,16+/m0/s1. The molecule has 4 heterocycles. The van der Waals surface area contributed by atoms with E-state index < -0.39 is 36.6 Å². The van der Waals surface area contributed by atoms with E-state index in [1.165, 1.54) is 17.2 Å². The molecule has 0 aliphatic carbocycles. The van der Waals surface area contributed by atoms with Gasteiger partial charge < -0.3 is 30.7 Å². The normalized spacial score (nSPS) is 30.0. The average molecular weight is 378 g/mol. The first kappa shape index (κ1) is 18.0. The van der Waals surface area contributed by atoms with Crippen molar-refractivity contribution in [1.82, 2.24) is 24.4 Å². The molecule has 0 radical (unpaired) electrons. The molecule has 1 amide bonds. The van der Waals surface area contributed by atoms with Gasteiger partial charge in [-0.25, -0.2) is 15.0 Å². The van der Waals surface area contributed by atoms with Crippen molar-refractivity contribution in [1.29, 1.82) is 0 Å². The molecular weight excluding hydrogens is 356 g/mol. The predicted octanol–water partition coefficient (Wildman–Crippen LogP) is -1.60. The maximum atomic E-state index is 12.5. The number of hydrogen-bond donors (Lipinski definition) is 4. The number of ether oxygens (including phenoxy) is 1. The minimum atomic E-state index is -1.58. The fourth-order valence-electron chi connectivity index (χ4n) is 3.67. The Morgan fingerprint density at radius 1 is 1.19 bits per heavy atom. The zero-order valence-corrected chi connectivity index (χ0v) is 14.5. The Bertz CT molecular complexity index is 838. The highest BCUT2D eigenvalue weighted by Crippen LogP contribution is 2.33. The third-order valence-electron chi connectivity index (χ3n) is 5.17. The van der Waals surface area contributed by atoms with Gasteiger partial charge in [0.15, 0.2) is 23.8 Å². The number of nitrogen functional groups attached to an aromatic ring is 1. The summed E-state index contributed by atoms with van der Waals surface area (Å²) in [4.78, 5) is 26.1. The molecule has 11 nitrogen and oxygen atoms in total. The van der Waals surface area contributed by atoms with Crippen molar-refractivity contribution in [3.63, 3.8) is 0 Å². The number of anilines is 1. The number of imidazole rings is 1. The van der Waals surface area contributed by atoms with E-state index in [2.05, 4.69) is 15.0 Å². The molecule has 1 unspecified atom stereocenters. The second-order valence-electron chi connectivity index (χ2n) is 6.89. The van der Waals surface area contributed by atoms with Gasteiger partial charge in [0, 0.05) is 13.1 Å². The monoisotopic (exact) mass is 378 g/mol. The number of carbonyl (C=O) groups is 1. The number of carbonyl (C=O) groups excluding carboxylic acids is 1. The first-order chi connectivity index (χ1) is 13.0. The predicted molar refractivity (Wildman–Crippen MR) is 92.1 cm³/mol. The van der Waals surface area contributed by atoms with Crippen LogP contribution in [0.15, 0.2) is 12.7 Å². The van der Waals surface area contributed by atoms with Crippen molar-refractivity contribution >= 4 is 22.9 Å². The number of likely N-dealkylation sites (tertiary alicyclic amines) is 1. The molecule has 2 aromatic heterocycles. The van der Waals surface area contributed by atoms with E-state index in [4.69, 9.17) is 10.5 Å². The van der Waals surface area contributed by atoms with Crippen molar-refractivity contribution < 1.29 is 24.9 Å². The summed E-state index contributed by atoms with van der Waals surface area (Å²) in [6.45, 7) is 1.13. The van der Waals surface area contributed by atoms with Gasteiger partial charge in [0.25, 0.3) is 5.91 Å². The van der Waals surface area contributed by atoms with E-state index in [9.17, 15) is 20.1 Å². The van der Waals surface area contributed by atoms with Gasteiger partial charge in [0.2, 0.25) is 0 Å². The van der Waals surface area contributed by atoms with Gasteiger partial charge in [-0.05, 0) is 19.3 Å². The van der Waals surface area contributed by atoms with Gasteiger partial charge in [-0.1, -0.05) is 0 Å². The van der Waals surface area contributed by atoms with Crippen LogP contribution in [-0.2, 0) is 9.53 Å². The van der Waals surface area contributed by atoms with Crippen molar-refractivity contribution in [2.45, 2.75) is 49.9 Å². The number of fused-ring (bicyclic) bond motifs is 1. The van der Waals surface area contributed by atoms with Crippen LogP contribution in [0.1, 0.15) is 25.5 Å². The molecule has 2 aliphatic rings. The lowest BCUT2D eigenvalue weighted by molar-refractivity contribution is -0.154. The lowest BCUT2D eigenvalue weighted by atomic mass is 10.0. The number of piperidine rings is 1. The Labute approximate surface area is 154 Å². The molecule has 27 heavy (non-hydrogen) atoms. The maximum absolute atomic E-state index is 12.5. The van der Waals surface area contributed by atoms with Crippen LogP contribution in [0, 0.1) is 0 Å². The highest BCUT2D eigenvalue weighted by molar-refractivity contribution is 5.82. The van der Waals surface area contributed by atoms with Gasteiger partial charge in [0.05, 0.1) is 6.33 Å². The van der Waals surface area contributed by atoms with Crippen LogP contribution in [0.5, 0.6) is 0 Å². The minimum Gasteiger partial charge on any atom is -0.387 e. The van der Waals surface area contributed by atoms with Crippen molar-refractivity contribution in [2.75, 3.05) is 18.8 Å². The average Bonchev–Trinajstić information content (AvgIpc) is 3.24. The van der Waals surface area contributed by atoms with Crippen LogP contribution in [0.3, 0.4) is 0 Å². The van der Waals surface area contributed by atoms with Crippen LogP contribution in [0.25, 0.3) is 11.2 Å². The number of nitrogens with two attached hydrogens (primary N) is 1. The molecule has 11 heteroatoms. The smallest absolute Gasteiger partial charge is 0.254 e. The van der Waals surface area contributed by atoms with E-state index in [1.54, 1.807) is 4.90 Å². The highest BCUT2D eigenvalue weighted by Gasteiger charge is 2.49. The number of amides is 1. The number of nitrogens with zero attached hydrogens (tertiary/aromatic N) is 5. The first-order valence-corrected chi connectivity index (χ1v) is 8.90. The third-order valence-corrected chi connectivity index (χ3v) is 5.17. The van der Waals surface area contributed by atoms with Gasteiger partial charge in [0.1, 0.15) is 30.2 Å². The SMILES string of the molecule is Nc1ncnc2c1ncn2[C@@H]1O[C@H](C(O)C(=O)N2CCCCC2)[C@@H](O)[C@H]1O. The van der Waals surface area contributed by atoms with Crippen molar-refractivity contribution in [3.8, 4) is 0 Å². The number of hydrogen-bond acceptors (Lipinski definition) is 9. The van der Waals surface area contributed by atoms with Crippen LogP contribution in [0.2, 0.25) is 0 Å². The summed E-state index contributed by atoms with van der Waals surface area (Å²) >= 11 is 0. The molecule has 4 rings (SSSR count). The molecule has 0 aromatic carbocycles. The third kappa shape index (κ3) is 3.02. The molecule has 2 aliphatic heterocycles. The molecule has 5 atom stereocenters. The fraction of sp³-hybridized carbons (Fsp3) is 0.625. The number of aliphatic hydroxyl groups is 3. The Morgan fingerprint density at radius 2 is 1.93 bits per heavy atom. The van der Waals surface area contributed by atoms with Gasteiger partial charge in [-0.15, -0.1) is 0 Å². The van der Waals surface area contributed by atoms with Gasteiger partial charge in [-0.3, -0.25) is 9.36 Å². The van der Waals surface area contributed by atoms with Crippen molar-refractivity contribution in [3.05, 3.63) is 12.7 Å². The topological polar surface area (TPSA) is 160 Å². The summed E-state index contributed by atoms with van der Waals surface area (Å²) in [5, 5.41) is 31.3. The Balaban J connectivity index is 1.56. The lowest BCUT2D eigenvalue weighted by Crippen LogP contribution is -2.50. The zero-order valence-electron chi connectivity index (χ0n) is 14.5. The Morgan fingerprint density at radius 3 is 2.67 bits per heavy atom. The minimum absolute atomic E-state index is 0.170. The number of aromatic nitrogens is 4. The summed E-state index contributed by atoms with van der Waals surface area (Å²) in [6.07, 6.45) is -1.35. The largest absolute Gasteiger partial charge is 0.387 e. The number of rotatable bonds is 3. The summed E-state index contributed by atoms with van der Waals surface area (Å²) in [5.41, 5.74) is 6.40. The fourth-order valence-corrected chi connectivity index (χ4v) is 3.67. The summed E-state index contributed by atoms with van der Waals surface area (Å²) in [5.74, 6) is -0.336. The Hall–Kier alpha value is -2.34. The van der Waals surface area contributed by atoms with E-state index in [-0.39, 0.29) is 5.82 Å². The van der Waals surface area contributed by atoms with Crippen LogP contribution < -0.4 is 5.73 Å². The van der Waals surface area contributed by atoms with Crippen LogP contribution >= 0.6 is 0 Å². The second-order valence-corrected chi connectivity index (χ2v) is 6.89. The molecule has 2 aromatic rings.